The van der Waals surface area contributed by atoms with E-state index in [1.807, 2.05) is 6.92 Å². The molecule has 0 fully saturated rings. The van der Waals surface area contributed by atoms with Crippen molar-refractivity contribution in [3.8, 4) is 0 Å². The van der Waals surface area contributed by atoms with E-state index in [-0.39, 0.29) is 5.56 Å². The molecule has 0 aliphatic heterocycles. The van der Waals surface area contributed by atoms with Crippen LogP contribution < -0.4 is 5.56 Å². The number of rotatable bonds is 1. The molecular weight excluding hydrogens is 288 g/mol. The van der Waals surface area contributed by atoms with Crippen molar-refractivity contribution in [1.82, 2.24) is 9.78 Å². The molecule has 0 radical (unpaired) electrons. The maximum absolute atomic E-state index is 12.0. The summed E-state index contributed by atoms with van der Waals surface area (Å²) in [5, 5.41) is 5.15. The smallest absolute Gasteiger partial charge is 0.267 e. The quantitative estimate of drug-likeness (QED) is 0.811. The minimum Gasteiger partial charge on any atom is -0.267 e. The first kappa shape index (κ1) is 11.8. The predicted octanol–water partition coefficient (Wildman–Crippen LogP) is 3.19. The van der Waals surface area contributed by atoms with Crippen molar-refractivity contribution in [3.63, 3.8) is 0 Å². The van der Waals surface area contributed by atoms with Crippen LogP contribution in [0.3, 0.4) is 0 Å². The topological polar surface area (TPSA) is 34.9 Å². The Morgan fingerprint density at radius 3 is 2.62 bits per heavy atom. The van der Waals surface area contributed by atoms with E-state index in [2.05, 4.69) is 34.9 Å². The fourth-order valence-corrected chi connectivity index (χ4v) is 3.56. The van der Waals surface area contributed by atoms with Gasteiger partial charge in [-0.15, -0.1) is 11.3 Å². The van der Waals surface area contributed by atoms with Gasteiger partial charge in [-0.05, 0) is 34.3 Å². The normalized spacial score (nSPS) is 11.6. The molecule has 0 amide bonds. The Labute approximate surface area is 106 Å². The Hall–Kier alpha value is -0.680. The van der Waals surface area contributed by atoms with E-state index in [1.54, 1.807) is 18.4 Å². The molecule has 0 N–H and O–H groups in total. The molecule has 0 saturated carbocycles. The lowest BCUT2D eigenvalue weighted by molar-refractivity contribution is 0.667. The van der Waals surface area contributed by atoms with E-state index in [4.69, 9.17) is 0 Å². The minimum absolute atomic E-state index is 0.0150. The third kappa shape index (κ3) is 1.62. The molecule has 0 aliphatic carbocycles. The summed E-state index contributed by atoms with van der Waals surface area (Å²) < 4.78 is 3.47. The first-order valence-corrected chi connectivity index (χ1v) is 6.70. The van der Waals surface area contributed by atoms with Gasteiger partial charge in [-0.25, -0.2) is 4.68 Å². The third-order valence-corrected chi connectivity index (χ3v) is 4.82. The average molecular weight is 301 g/mol. The maximum atomic E-state index is 12.0. The number of aryl methyl sites for hydroxylation is 2. The highest BCUT2D eigenvalue weighted by Crippen LogP contribution is 2.36. The van der Waals surface area contributed by atoms with Crippen molar-refractivity contribution < 1.29 is 0 Å². The fourth-order valence-electron chi connectivity index (χ4n) is 1.72. The molecular formula is C11H13BrN2OS. The van der Waals surface area contributed by atoms with Crippen LogP contribution in [0.5, 0.6) is 0 Å². The molecule has 0 saturated heterocycles. The minimum atomic E-state index is -0.0150. The summed E-state index contributed by atoms with van der Waals surface area (Å²) in [6, 6.07) is 0. The SMILES string of the molecule is Cc1c(Br)sc2c(C(C)C)nn(C)c(=O)c12. The molecule has 2 aromatic heterocycles. The van der Waals surface area contributed by atoms with Crippen molar-refractivity contribution in [2.75, 3.05) is 0 Å². The lowest BCUT2D eigenvalue weighted by Gasteiger charge is -2.07. The Bertz CT molecular complexity index is 612. The van der Waals surface area contributed by atoms with Gasteiger partial charge < -0.3 is 0 Å². The highest BCUT2D eigenvalue weighted by molar-refractivity contribution is 9.11. The molecule has 2 aromatic rings. The van der Waals surface area contributed by atoms with Crippen LogP contribution in [0.1, 0.15) is 31.0 Å². The maximum Gasteiger partial charge on any atom is 0.275 e. The van der Waals surface area contributed by atoms with Crippen molar-refractivity contribution in [3.05, 3.63) is 25.4 Å². The fraction of sp³-hybridized carbons (Fsp3) is 0.455. The number of aromatic nitrogens is 2. The van der Waals surface area contributed by atoms with Gasteiger partial charge in [-0.1, -0.05) is 13.8 Å². The van der Waals surface area contributed by atoms with Gasteiger partial charge in [0.1, 0.15) is 0 Å². The number of halogens is 1. The van der Waals surface area contributed by atoms with Crippen LogP contribution in [0.15, 0.2) is 8.58 Å². The molecule has 2 heterocycles. The summed E-state index contributed by atoms with van der Waals surface area (Å²) in [6.07, 6.45) is 0. The second-order valence-electron chi connectivity index (χ2n) is 4.17. The summed E-state index contributed by atoms with van der Waals surface area (Å²) in [7, 11) is 1.71. The lowest BCUT2D eigenvalue weighted by atomic mass is 10.1. The van der Waals surface area contributed by atoms with Gasteiger partial charge in [-0.2, -0.15) is 5.10 Å². The number of nitrogens with zero attached hydrogens (tertiary/aromatic N) is 2. The van der Waals surface area contributed by atoms with E-state index in [0.29, 0.717) is 5.92 Å². The Morgan fingerprint density at radius 2 is 2.06 bits per heavy atom. The standard InChI is InChI=1S/C11H13BrN2OS/c1-5(2)8-9-7(6(3)10(12)16-9)11(15)14(4)13-8/h5H,1-4H3. The van der Waals surface area contributed by atoms with Crippen LogP contribution in [0.2, 0.25) is 0 Å². The van der Waals surface area contributed by atoms with Gasteiger partial charge in [0.05, 0.1) is 19.6 Å². The van der Waals surface area contributed by atoms with Crippen LogP contribution >= 0.6 is 27.3 Å². The van der Waals surface area contributed by atoms with Crippen LogP contribution in [-0.4, -0.2) is 9.78 Å². The summed E-state index contributed by atoms with van der Waals surface area (Å²) in [5.41, 5.74) is 2.00. The van der Waals surface area contributed by atoms with Crippen LogP contribution in [0, 0.1) is 6.92 Å². The van der Waals surface area contributed by atoms with Gasteiger partial charge in [0.25, 0.3) is 5.56 Å². The van der Waals surface area contributed by atoms with Crippen molar-refractivity contribution in [1.29, 1.82) is 0 Å². The van der Waals surface area contributed by atoms with Gasteiger partial charge in [0.2, 0.25) is 0 Å². The Balaban J connectivity index is 3.01. The summed E-state index contributed by atoms with van der Waals surface area (Å²) in [5.74, 6) is 0.319. The highest BCUT2D eigenvalue weighted by atomic mass is 79.9. The van der Waals surface area contributed by atoms with Gasteiger partial charge in [0.15, 0.2) is 0 Å². The summed E-state index contributed by atoms with van der Waals surface area (Å²) in [4.78, 5) is 12.0. The lowest BCUT2D eigenvalue weighted by Crippen LogP contribution is -2.21. The number of fused-ring (bicyclic) bond motifs is 1. The zero-order valence-electron chi connectivity index (χ0n) is 9.67. The summed E-state index contributed by atoms with van der Waals surface area (Å²) >= 11 is 5.09. The average Bonchev–Trinajstić information content (AvgIpc) is 2.49. The van der Waals surface area contributed by atoms with Crippen LogP contribution in [0.4, 0.5) is 0 Å². The van der Waals surface area contributed by atoms with Crippen molar-refractivity contribution >= 4 is 37.4 Å². The van der Waals surface area contributed by atoms with Gasteiger partial charge >= 0.3 is 0 Å². The zero-order valence-corrected chi connectivity index (χ0v) is 12.1. The molecule has 0 bridgehead atoms. The first-order chi connectivity index (χ1) is 7.43. The Morgan fingerprint density at radius 1 is 1.44 bits per heavy atom. The molecule has 0 unspecified atom stereocenters. The molecule has 0 atom stereocenters. The number of thiophene rings is 1. The Kier molecular flexibility index (Phi) is 2.92. The van der Waals surface area contributed by atoms with Gasteiger partial charge in [0, 0.05) is 7.05 Å². The molecule has 3 nitrogen and oxygen atoms in total. The number of hydrogen-bond donors (Lipinski definition) is 0. The molecule has 0 spiro atoms. The number of hydrogen-bond acceptors (Lipinski definition) is 3. The zero-order chi connectivity index (χ0) is 12.0. The monoisotopic (exact) mass is 300 g/mol. The van der Waals surface area contributed by atoms with Crippen molar-refractivity contribution in [2.24, 2.45) is 7.05 Å². The van der Waals surface area contributed by atoms with E-state index < -0.39 is 0 Å². The van der Waals surface area contributed by atoms with Crippen molar-refractivity contribution in [2.45, 2.75) is 26.7 Å². The molecule has 86 valence electrons. The highest BCUT2D eigenvalue weighted by Gasteiger charge is 2.17. The largest absolute Gasteiger partial charge is 0.275 e. The first-order valence-electron chi connectivity index (χ1n) is 5.09. The van der Waals surface area contributed by atoms with E-state index in [1.165, 1.54) is 4.68 Å². The second-order valence-corrected chi connectivity index (χ2v) is 6.51. The molecule has 0 aromatic carbocycles. The molecule has 16 heavy (non-hydrogen) atoms. The van der Waals surface area contributed by atoms with E-state index in [0.717, 1.165) is 25.1 Å². The van der Waals surface area contributed by atoms with Crippen LogP contribution in [-0.2, 0) is 7.05 Å². The van der Waals surface area contributed by atoms with Gasteiger partial charge in [-0.3, -0.25) is 4.79 Å². The van der Waals surface area contributed by atoms with E-state index >= 15 is 0 Å². The molecule has 0 aliphatic rings. The molecule has 5 heteroatoms. The van der Waals surface area contributed by atoms with Crippen LogP contribution in [0.25, 0.3) is 10.1 Å². The predicted molar refractivity (Wildman–Crippen MR) is 71.4 cm³/mol. The summed E-state index contributed by atoms with van der Waals surface area (Å²) in [6.45, 7) is 6.15. The van der Waals surface area contributed by atoms with E-state index in [9.17, 15) is 4.79 Å². The third-order valence-electron chi connectivity index (χ3n) is 2.63. The molecule has 2 rings (SSSR count). The second kappa shape index (κ2) is 3.96.